The Kier molecular flexibility index (Phi) is 3.50. The first-order chi connectivity index (χ1) is 10.5. The third kappa shape index (κ3) is 1.72. The Morgan fingerprint density at radius 2 is 1.04 bits per heavy atom. The minimum absolute atomic E-state index is 2.84. The van der Waals surface area contributed by atoms with Crippen molar-refractivity contribution in [3.63, 3.8) is 0 Å². The fraction of sp³-hybridized carbons (Fsp3) is 0.364. The molecule has 0 amide bonds. The van der Waals surface area contributed by atoms with E-state index in [1.165, 1.54) is 0 Å². The second kappa shape index (κ2) is 4.57. The molecule has 0 radical (unpaired) electrons. The smallest absolute Gasteiger partial charge is 0.292 e. The number of benzene rings is 1. The van der Waals surface area contributed by atoms with Crippen molar-refractivity contribution in [2.75, 3.05) is 0 Å². The standard InChI is InChI=1S/C11F12O/c12-3-1-2(4(13)6(15)5(3)14)9(16,17)8(7(1)24,10(18,19)20)11(21,22)23. The lowest BCUT2D eigenvalue weighted by atomic mass is 9.79. The zero-order valence-corrected chi connectivity index (χ0v) is 10.4. The number of rotatable bonds is 0. The number of carbonyl (C=O) groups is 1. The van der Waals surface area contributed by atoms with E-state index in [0.717, 1.165) is 0 Å². The zero-order chi connectivity index (χ0) is 19.0. The van der Waals surface area contributed by atoms with Gasteiger partial charge in [-0.2, -0.15) is 35.1 Å². The van der Waals surface area contributed by atoms with Crippen LogP contribution in [0.2, 0.25) is 0 Å². The largest absolute Gasteiger partial charge is 0.416 e. The molecule has 1 nitrogen and oxygen atoms in total. The predicted octanol–water partition coefficient (Wildman–Crippen LogP) is 4.64. The van der Waals surface area contributed by atoms with Crippen LogP contribution in [0.15, 0.2) is 0 Å². The molecular formula is C11F12O. The second-order valence-electron chi connectivity index (χ2n) is 4.65. The minimum atomic E-state index is -7.09. The van der Waals surface area contributed by atoms with Crippen LogP contribution in [0.1, 0.15) is 15.9 Å². The van der Waals surface area contributed by atoms with Crippen molar-refractivity contribution in [3.05, 3.63) is 34.4 Å². The molecule has 2 rings (SSSR count). The third-order valence-corrected chi connectivity index (χ3v) is 3.47. The topological polar surface area (TPSA) is 17.1 Å². The summed E-state index contributed by atoms with van der Waals surface area (Å²) in [4.78, 5) is 11.4. The van der Waals surface area contributed by atoms with E-state index in [0.29, 0.717) is 0 Å². The maximum atomic E-state index is 13.9. The number of hydrogen-bond acceptors (Lipinski definition) is 1. The Morgan fingerprint density at radius 1 is 0.667 bits per heavy atom. The Labute approximate surface area is 122 Å². The highest BCUT2D eigenvalue weighted by atomic mass is 19.4. The minimum Gasteiger partial charge on any atom is -0.292 e. The molecule has 0 N–H and O–H groups in total. The Balaban J connectivity index is 3.10. The Bertz CT molecular complexity index is 727. The quantitative estimate of drug-likeness (QED) is 0.366. The van der Waals surface area contributed by atoms with Gasteiger partial charge < -0.3 is 0 Å². The SMILES string of the molecule is O=C1c2c(F)c(F)c(F)c(F)c2C(F)(F)C1(C(F)(F)F)C(F)(F)F. The third-order valence-electron chi connectivity index (χ3n) is 3.47. The Hall–Kier alpha value is -1.95. The summed E-state index contributed by atoms with van der Waals surface area (Å²) >= 11 is 0. The summed E-state index contributed by atoms with van der Waals surface area (Å²) in [6.45, 7) is 0. The van der Waals surface area contributed by atoms with Crippen LogP contribution in [0.3, 0.4) is 0 Å². The van der Waals surface area contributed by atoms with Crippen LogP contribution in [-0.2, 0) is 5.92 Å². The van der Waals surface area contributed by atoms with Gasteiger partial charge in [0.05, 0.1) is 11.1 Å². The van der Waals surface area contributed by atoms with E-state index in [2.05, 4.69) is 0 Å². The summed E-state index contributed by atoms with van der Waals surface area (Å²) in [7, 11) is 0. The summed E-state index contributed by atoms with van der Waals surface area (Å²) in [5.74, 6) is -22.5. The van der Waals surface area contributed by atoms with Crippen molar-refractivity contribution in [1.29, 1.82) is 0 Å². The van der Waals surface area contributed by atoms with Crippen molar-refractivity contribution in [2.24, 2.45) is 5.41 Å². The summed E-state index contributed by atoms with van der Waals surface area (Å²) in [5, 5.41) is 0. The first-order valence-electron chi connectivity index (χ1n) is 5.47. The van der Waals surface area contributed by atoms with Gasteiger partial charge in [-0.25, -0.2) is 17.6 Å². The van der Waals surface area contributed by atoms with Gasteiger partial charge in [0.15, 0.2) is 29.1 Å². The first kappa shape index (κ1) is 18.4. The van der Waals surface area contributed by atoms with Gasteiger partial charge in [0.2, 0.25) is 0 Å². The number of carbonyl (C=O) groups excluding carboxylic acids is 1. The van der Waals surface area contributed by atoms with Crippen molar-refractivity contribution in [1.82, 2.24) is 0 Å². The molecule has 1 aliphatic carbocycles. The lowest BCUT2D eigenvalue weighted by Crippen LogP contribution is -2.61. The van der Waals surface area contributed by atoms with Crippen LogP contribution in [0.5, 0.6) is 0 Å². The fourth-order valence-electron chi connectivity index (χ4n) is 2.43. The highest BCUT2D eigenvalue weighted by Crippen LogP contribution is 2.68. The molecule has 0 aliphatic heterocycles. The predicted molar refractivity (Wildman–Crippen MR) is 49.0 cm³/mol. The van der Waals surface area contributed by atoms with E-state index in [1.807, 2.05) is 0 Å². The van der Waals surface area contributed by atoms with Crippen molar-refractivity contribution >= 4 is 5.78 Å². The van der Waals surface area contributed by atoms with Crippen LogP contribution >= 0.6 is 0 Å². The molecule has 24 heavy (non-hydrogen) atoms. The van der Waals surface area contributed by atoms with Gasteiger partial charge in [-0.3, -0.25) is 4.79 Å². The molecule has 1 aromatic carbocycles. The number of fused-ring (bicyclic) bond motifs is 1. The van der Waals surface area contributed by atoms with Crippen molar-refractivity contribution in [3.8, 4) is 0 Å². The van der Waals surface area contributed by atoms with E-state index in [-0.39, 0.29) is 0 Å². The Morgan fingerprint density at radius 3 is 1.42 bits per heavy atom. The van der Waals surface area contributed by atoms with Gasteiger partial charge in [-0.1, -0.05) is 0 Å². The molecule has 0 saturated carbocycles. The summed E-state index contributed by atoms with van der Waals surface area (Å²) in [5.41, 5.74) is -12.6. The monoisotopic (exact) mass is 376 g/mol. The van der Waals surface area contributed by atoms with E-state index in [4.69, 9.17) is 0 Å². The van der Waals surface area contributed by atoms with Crippen LogP contribution in [0.25, 0.3) is 0 Å². The highest BCUT2D eigenvalue weighted by Gasteiger charge is 2.90. The molecule has 1 aliphatic rings. The van der Waals surface area contributed by atoms with Crippen molar-refractivity contribution in [2.45, 2.75) is 18.3 Å². The van der Waals surface area contributed by atoms with Crippen LogP contribution < -0.4 is 0 Å². The van der Waals surface area contributed by atoms with Gasteiger partial charge in [-0.05, 0) is 0 Å². The molecule has 0 bridgehead atoms. The number of alkyl halides is 8. The number of Topliss-reactive ketones (excluding diaryl/α,β-unsaturated/α-hetero) is 1. The van der Waals surface area contributed by atoms with Crippen LogP contribution in [0.4, 0.5) is 52.7 Å². The highest BCUT2D eigenvalue weighted by molar-refractivity contribution is 6.07. The van der Waals surface area contributed by atoms with Gasteiger partial charge in [0, 0.05) is 0 Å². The molecule has 134 valence electrons. The van der Waals surface area contributed by atoms with Gasteiger partial charge in [0.1, 0.15) is 0 Å². The molecule has 0 fully saturated rings. The molecule has 0 unspecified atom stereocenters. The molecule has 0 spiro atoms. The van der Waals surface area contributed by atoms with Crippen LogP contribution in [-0.4, -0.2) is 18.1 Å². The van der Waals surface area contributed by atoms with Gasteiger partial charge >= 0.3 is 18.3 Å². The summed E-state index contributed by atoms with van der Waals surface area (Å²) in [6.07, 6.45) is -14.2. The summed E-state index contributed by atoms with van der Waals surface area (Å²) in [6, 6.07) is 0. The second-order valence-corrected chi connectivity index (χ2v) is 4.65. The van der Waals surface area contributed by atoms with E-state index in [9.17, 15) is 57.5 Å². The maximum absolute atomic E-state index is 13.9. The molecule has 0 atom stereocenters. The van der Waals surface area contributed by atoms with E-state index < -0.39 is 63.9 Å². The van der Waals surface area contributed by atoms with Crippen molar-refractivity contribution < 1.29 is 57.5 Å². The maximum Gasteiger partial charge on any atom is 0.416 e. The van der Waals surface area contributed by atoms with E-state index >= 15 is 0 Å². The van der Waals surface area contributed by atoms with Gasteiger partial charge in [0.25, 0.3) is 5.41 Å². The summed E-state index contributed by atoms with van der Waals surface area (Å²) < 4.78 is 157. The van der Waals surface area contributed by atoms with Gasteiger partial charge in [-0.15, -0.1) is 0 Å². The lowest BCUT2D eigenvalue weighted by molar-refractivity contribution is -0.374. The van der Waals surface area contributed by atoms with E-state index in [1.54, 1.807) is 0 Å². The lowest BCUT2D eigenvalue weighted by Gasteiger charge is -2.36. The number of ketones is 1. The normalized spacial score (nSPS) is 19.6. The number of halogens is 12. The fourth-order valence-corrected chi connectivity index (χ4v) is 2.43. The molecule has 0 saturated heterocycles. The molecular weight excluding hydrogens is 376 g/mol. The van der Waals surface area contributed by atoms with Crippen LogP contribution in [0, 0.1) is 28.7 Å². The first-order valence-corrected chi connectivity index (χ1v) is 5.47. The molecule has 0 aromatic heterocycles. The average Bonchev–Trinajstić information content (AvgIpc) is 2.56. The number of hydrogen-bond donors (Lipinski definition) is 0. The average molecular weight is 376 g/mol. The molecule has 0 heterocycles. The zero-order valence-electron chi connectivity index (χ0n) is 10.4. The molecule has 1 aromatic rings. The molecule has 13 heteroatoms.